The van der Waals surface area contributed by atoms with Gasteiger partial charge in [0.2, 0.25) is 0 Å². The zero-order valence-corrected chi connectivity index (χ0v) is 11.5. The third-order valence-electron chi connectivity index (χ3n) is 4.22. The van der Waals surface area contributed by atoms with Gasteiger partial charge in [-0.25, -0.2) is 0 Å². The van der Waals surface area contributed by atoms with Crippen molar-refractivity contribution in [2.45, 2.75) is 51.7 Å². The fourth-order valence-electron chi connectivity index (χ4n) is 2.98. The van der Waals surface area contributed by atoms with Crippen molar-refractivity contribution in [1.82, 2.24) is 10.2 Å². The highest BCUT2D eigenvalue weighted by atomic mass is 16.5. The third-order valence-corrected chi connectivity index (χ3v) is 4.22. The number of piperidine rings is 1. The van der Waals surface area contributed by atoms with Gasteiger partial charge in [0.1, 0.15) is 0 Å². The Labute approximate surface area is 106 Å². The molecule has 3 atom stereocenters. The lowest BCUT2D eigenvalue weighted by Crippen LogP contribution is -2.44. The molecule has 0 aromatic heterocycles. The van der Waals surface area contributed by atoms with E-state index in [4.69, 9.17) is 4.74 Å². The second-order valence-corrected chi connectivity index (χ2v) is 5.87. The van der Waals surface area contributed by atoms with Crippen molar-refractivity contribution in [1.29, 1.82) is 0 Å². The molecule has 0 amide bonds. The fourth-order valence-corrected chi connectivity index (χ4v) is 2.98. The predicted molar refractivity (Wildman–Crippen MR) is 71.3 cm³/mol. The Morgan fingerprint density at radius 2 is 2.12 bits per heavy atom. The first-order chi connectivity index (χ1) is 8.25. The molecular weight excluding hydrogens is 212 g/mol. The van der Waals surface area contributed by atoms with E-state index in [1.165, 1.54) is 38.8 Å². The molecule has 0 aromatic rings. The number of hydrogen-bond donors (Lipinski definition) is 1. The SMILES string of the molecule is CC1CCC(C)N(CCNCC2CCCO2)C1. The molecule has 2 heterocycles. The quantitative estimate of drug-likeness (QED) is 0.743. The Morgan fingerprint density at radius 3 is 2.88 bits per heavy atom. The monoisotopic (exact) mass is 240 g/mol. The van der Waals surface area contributed by atoms with Crippen LogP contribution in [0.1, 0.15) is 39.5 Å². The Hall–Kier alpha value is -0.120. The summed E-state index contributed by atoms with van der Waals surface area (Å²) in [5.41, 5.74) is 0. The average Bonchev–Trinajstić information content (AvgIpc) is 2.82. The van der Waals surface area contributed by atoms with Crippen LogP contribution in [0.4, 0.5) is 0 Å². The fraction of sp³-hybridized carbons (Fsp3) is 1.00. The van der Waals surface area contributed by atoms with Crippen LogP contribution < -0.4 is 5.32 Å². The van der Waals surface area contributed by atoms with Gasteiger partial charge in [0.15, 0.2) is 0 Å². The maximum absolute atomic E-state index is 5.61. The molecule has 0 aliphatic carbocycles. The van der Waals surface area contributed by atoms with E-state index in [9.17, 15) is 0 Å². The summed E-state index contributed by atoms with van der Waals surface area (Å²) in [6.45, 7) is 10.3. The van der Waals surface area contributed by atoms with Gasteiger partial charge in [-0.2, -0.15) is 0 Å². The summed E-state index contributed by atoms with van der Waals surface area (Å²) in [5.74, 6) is 0.879. The van der Waals surface area contributed by atoms with Gasteiger partial charge in [0.05, 0.1) is 6.10 Å². The largest absolute Gasteiger partial charge is 0.377 e. The van der Waals surface area contributed by atoms with E-state index < -0.39 is 0 Å². The lowest BCUT2D eigenvalue weighted by molar-refractivity contribution is 0.103. The van der Waals surface area contributed by atoms with E-state index >= 15 is 0 Å². The molecule has 0 saturated carbocycles. The molecular formula is C14H28N2O. The van der Waals surface area contributed by atoms with Crippen molar-refractivity contribution >= 4 is 0 Å². The van der Waals surface area contributed by atoms with Gasteiger partial charge in [-0.05, 0) is 38.5 Å². The molecule has 2 aliphatic heterocycles. The zero-order valence-electron chi connectivity index (χ0n) is 11.5. The molecule has 3 unspecified atom stereocenters. The average molecular weight is 240 g/mol. The van der Waals surface area contributed by atoms with Crippen LogP contribution in [0, 0.1) is 5.92 Å². The highest BCUT2D eigenvalue weighted by molar-refractivity contribution is 4.77. The van der Waals surface area contributed by atoms with Crippen molar-refractivity contribution in [3.8, 4) is 0 Å². The van der Waals surface area contributed by atoms with Gasteiger partial charge >= 0.3 is 0 Å². The van der Waals surface area contributed by atoms with Crippen LogP contribution in [0.15, 0.2) is 0 Å². The molecule has 2 rings (SSSR count). The molecule has 2 fully saturated rings. The molecule has 3 heteroatoms. The second-order valence-electron chi connectivity index (χ2n) is 5.87. The summed E-state index contributed by atoms with van der Waals surface area (Å²) < 4.78 is 5.61. The number of ether oxygens (including phenoxy) is 1. The lowest BCUT2D eigenvalue weighted by Gasteiger charge is -2.36. The summed E-state index contributed by atoms with van der Waals surface area (Å²) in [7, 11) is 0. The Morgan fingerprint density at radius 1 is 1.24 bits per heavy atom. The van der Waals surface area contributed by atoms with E-state index in [-0.39, 0.29) is 0 Å². The van der Waals surface area contributed by atoms with Crippen LogP contribution in [0.2, 0.25) is 0 Å². The van der Waals surface area contributed by atoms with E-state index in [0.29, 0.717) is 6.10 Å². The molecule has 0 spiro atoms. The Balaban J connectivity index is 1.57. The minimum absolute atomic E-state index is 0.479. The highest BCUT2D eigenvalue weighted by Crippen LogP contribution is 2.20. The minimum Gasteiger partial charge on any atom is -0.377 e. The van der Waals surface area contributed by atoms with Crippen LogP contribution in [0.3, 0.4) is 0 Å². The standard InChI is InChI=1S/C14H28N2O/c1-12-5-6-13(2)16(11-12)8-7-15-10-14-4-3-9-17-14/h12-15H,3-11H2,1-2H3. The molecule has 17 heavy (non-hydrogen) atoms. The topological polar surface area (TPSA) is 24.5 Å². The second kappa shape index (κ2) is 6.72. The molecule has 0 aromatic carbocycles. The van der Waals surface area contributed by atoms with Crippen LogP contribution >= 0.6 is 0 Å². The summed E-state index contributed by atoms with van der Waals surface area (Å²) in [6.07, 6.45) is 5.73. The summed E-state index contributed by atoms with van der Waals surface area (Å²) in [6, 6.07) is 0.774. The minimum atomic E-state index is 0.479. The number of nitrogens with one attached hydrogen (secondary N) is 1. The molecule has 2 aliphatic rings. The molecule has 0 bridgehead atoms. The van der Waals surface area contributed by atoms with Crippen LogP contribution in [0.25, 0.3) is 0 Å². The molecule has 3 nitrogen and oxygen atoms in total. The predicted octanol–water partition coefficient (Wildman–Crippen LogP) is 1.88. The van der Waals surface area contributed by atoms with Gasteiger partial charge in [0.25, 0.3) is 0 Å². The highest BCUT2D eigenvalue weighted by Gasteiger charge is 2.22. The number of hydrogen-bond acceptors (Lipinski definition) is 3. The maximum Gasteiger partial charge on any atom is 0.0700 e. The third kappa shape index (κ3) is 4.23. The summed E-state index contributed by atoms with van der Waals surface area (Å²) in [5, 5.41) is 3.54. The smallest absolute Gasteiger partial charge is 0.0700 e. The number of nitrogens with zero attached hydrogens (tertiary/aromatic N) is 1. The number of rotatable bonds is 5. The van der Waals surface area contributed by atoms with E-state index in [1.807, 2.05) is 0 Å². The van der Waals surface area contributed by atoms with E-state index in [1.54, 1.807) is 0 Å². The zero-order chi connectivity index (χ0) is 12.1. The summed E-state index contributed by atoms with van der Waals surface area (Å²) >= 11 is 0. The summed E-state index contributed by atoms with van der Waals surface area (Å²) in [4.78, 5) is 2.64. The van der Waals surface area contributed by atoms with Crippen LogP contribution in [-0.4, -0.2) is 49.8 Å². The molecule has 100 valence electrons. The molecule has 0 radical (unpaired) electrons. The van der Waals surface area contributed by atoms with Gasteiger partial charge in [-0.1, -0.05) is 6.92 Å². The van der Waals surface area contributed by atoms with E-state index in [0.717, 1.165) is 31.7 Å². The van der Waals surface area contributed by atoms with Crippen molar-refractivity contribution < 1.29 is 4.74 Å². The lowest BCUT2D eigenvalue weighted by atomic mass is 9.95. The van der Waals surface area contributed by atoms with Crippen molar-refractivity contribution in [2.75, 3.05) is 32.8 Å². The first-order valence-electron chi connectivity index (χ1n) is 7.32. The van der Waals surface area contributed by atoms with Crippen molar-refractivity contribution in [3.05, 3.63) is 0 Å². The molecule has 1 N–H and O–H groups in total. The van der Waals surface area contributed by atoms with Crippen molar-refractivity contribution in [2.24, 2.45) is 5.92 Å². The van der Waals surface area contributed by atoms with Crippen LogP contribution in [0.5, 0.6) is 0 Å². The molecule has 2 saturated heterocycles. The first kappa shape index (κ1) is 13.3. The Bertz CT molecular complexity index is 216. The Kier molecular flexibility index (Phi) is 5.26. The maximum atomic E-state index is 5.61. The van der Waals surface area contributed by atoms with Gasteiger partial charge < -0.3 is 10.1 Å². The van der Waals surface area contributed by atoms with Gasteiger partial charge in [-0.15, -0.1) is 0 Å². The van der Waals surface area contributed by atoms with Gasteiger partial charge in [-0.3, -0.25) is 4.90 Å². The van der Waals surface area contributed by atoms with E-state index in [2.05, 4.69) is 24.1 Å². The first-order valence-corrected chi connectivity index (χ1v) is 7.32. The number of likely N-dealkylation sites (tertiary alicyclic amines) is 1. The van der Waals surface area contributed by atoms with Gasteiger partial charge in [0, 0.05) is 38.8 Å². The van der Waals surface area contributed by atoms with Crippen molar-refractivity contribution in [3.63, 3.8) is 0 Å². The normalized spacial score (nSPS) is 35.3. The van der Waals surface area contributed by atoms with Crippen LogP contribution in [-0.2, 0) is 4.74 Å².